The van der Waals surface area contributed by atoms with Crippen LogP contribution in [0.3, 0.4) is 0 Å². The first kappa shape index (κ1) is 15.5. The number of rotatable bonds is 5. The number of sulfone groups is 1. The largest absolute Gasteiger partial charge is 0.494 e. The predicted molar refractivity (Wildman–Crippen MR) is 71.8 cm³/mol. The number of halogens is 1. The van der Waals surface area contributed by atoms with Gasteiger partial charge in [0, 0.05) is 5.02 Å². The number of aromatic carboxylic acids is 1. The van der Waals surface area contributed by atoms with E-state index in [1.165, 1.54) is 19.3 Å². The molecule has 0 saturated heterocycles. The lowest BCUT2D eigenvalue weighted by molar-refractivity contribution is 0.0693. The summed E-state index contributed by atoms with van der Waals surface area (Å²) in [5.74, 6) is -1.76. The van der Waals surface area contributed by atoms with Gasteiger partial charge in [-0.1, -0.05) is 23.8 Å². The molecular weight excluding hydrogens is 292 g/mol. The molecule has 0 unspecified atom stereocenters. The molecular formula is C12H13ClO5S. The van der Waals surface area contributed by atoms with Crippen molar-refractivity contribution in [2.24, 2.45) is 0 Å². The van der Waals surface area contributed by atoms with Crippen molar-refractivity contribution < 1.29 is 23.1 Å². The fourth-order valence-corrected chi connectivity index (χ4v) is 3.17. The summed E-state index contributed by atoms with van der Waals surface area (Å²) in [6, 6.07) is 2.34. The van der Waals surface area contributed by atoms with Crippen molar-refractivity contribution >= 4 is 27.4 Å². The molecule has 1 rings (SSSR count). The summed E-state index contributed by atoms with van der Waals surface area (Å²) in [5, 5.41) is 9.07. The molecule has 1 aromatic carbocycles. The number of carboxylic acid groups (broad SMARTS) is 1. The van der Waals surface area contributed by atoms with E-state index < -0.39 is 15.8 Å². The van der Waals surface area contributed by atoms with Crippen LogP contribution >= 0.6 is 11.6 Å². The van der Waals surface area contributed by atoms with E-state index in [4.69, 9.17) is 21.4 Å². The molecule has 0 aliphatic carbocycles. The number of allylic oxidation sites excluding steroid dienone is 1. The van der Waals surface area contributed by atoms with E-state index in [0.717, 1.165) is 6.07 Å². The molecule has 0 saturated carbocycles. The van der Waals surface area contributed by atoms with Gasteiger partial charge in [-0.05, 0) is 19.1 Å². The van der Waals surface area contributed by atoms with Crippen LogP contribution in [0, 0.1) is 0 Å². The Kier molecular flexibility index (Phi) is 4.97. The molecule has 5 nitrogen and oxygen atoms in total. The van der Waals surface area contributed by atoms with Crippen LogP contribution in [0.5, 0.6) is 5.75 Å². The zero-order chi connectivity index (χ0) is 14.6. The standard InChI is InChI=1S/C12H13ClO5S/c1-3-4-5-19(16,17)10-7-8(13)6-9(12(14)15)11(10)18-2/h3-4,6-7H,5H2,1-2H3,(H,14,15)/b4-3+. The van der Waals surface area contributed by atoms with E-state index in [2.05, 4.69) is 0 Å². The molecule has 0 aliphatic heterocycles. The van der Waals surface area contributed by atoms with Crippen LogP contribution in [-0.4, -0.2) is 32.4 Å². The van der Waals surface area contributed by atoms with Crippen molar-refractivity contribution in [2.75, 3.05) is 12.9 Å². The second-order valence-corrected chi connectivity index (χ2v) is 6.08. The molecule has 0 fully saturated rings. The Morgan fingerprint density at radius 2 is 2.11 bits per heavy atom. The highest BCUT2D eigenvalue weighted by Crippen LogP contribution is 2.32. The van der Waals surface area contributed by atoms with Gasteiger partial charge in [-0.15, -0.1) is 0 Å². The Bertz CT molecular complexity index is 619. The summed E-state index contributed by atoms with van der Waals surface area (Å²) in [7, 11) is -2.49. The normalized spacial score (nSPS) is 11.7. The Morgan fingerprint density at radius 3 is 2.58 bits per heavy atom. The molecule has 0 aliphatic rings. The lowest BCUT2D eigenvalue weighted by Crippen LogP contribution is -2.10. The molecule has 1 N–H and O–H groups in total. The maximum Gasteiger partial charge on any atom is 0.339 e. The van der Waals surface area contributed by atoms with Crippen LogP contribution in [0.1, 0.15) is 17.3 Å². The molecule has 19 heavy (non-hydrogen) atoms. The highest BCUT2D eigenvalue weighted by Gasteiger charge is 2.24. The van der Waals surface area contributed by atoms with E-state index in [1.807, 2.05) is 0 Å². The number of benzene rings is 1. The Morgan fingerprint density at radius 1 is 1.47 bits per heavy atom. The van der Waals surface area contributed by atoms with Crippen LogP contribution in [-0.2, 0) is 9.84 Å². The molecule has 7 heteroatoms. The van der Waals surface area contributed by atoms with Gasteiger partial charge in [0.25, 0.3) is 0 Å². The average molecular weight is 305 g/mol. The first-order chi connectivity index (χ1) is 8.83. The summed E-state index contributed by atoms with van der Waals surface area (Å²) in [6.45, 7) is 1.69. The van der Waals surface area contributed by atoms with E-state index in [9.17, 15) is 13.2 Å². The molecule has 0 radical (unpaired) electrons. The molecule has 0 spiro atoms. The summed E-state index contributed by atoms with van der Waals surface area (Å²) >= 11 is 5.76. The maximum absolute atomic E-state index is 12.1. The minimum Gasteiger partial charge on any atom is -0.494 e. The Balaban J connectivity index is 3.55. The van der Waals surface area contributed by atoms with Crippen LogP contribution in [0.4, 0.5) is 0 Å². The highest BCUT2D eigenvalue weighted by atomic mass is 35.5. The third-order valence-electron chi connectivity index (χ3n) is 2.34. The minimum atomic E-state index is -3.70. The number of hydrogen-bond acceptors (Lipinski definition) is 4. The van der Waals surface area contributed by atoms with E-state index in [-0.39, 0.29) is 27.0 Å². The Hall–Kier alpha value is -1.53. The predicted octanol–water partition coefficient (Wildman–Crippen LogP) is 2.40. The summed E-state index contributed by atoms with van der Waals surface area (Å²) < 4.78 is 29.1. The fraction of sp³-hybridized carbons (Fsp3) is 0.250. The van der Waals surface area contributed by atoms with Gasteiger partial charge in [-0.3, -0.25) is 0 Å². The molecule has 0 amide bonds. The molecule has 0 atom stereocenters. The summed E-state index contributed by atoms with van der Waals surface area (Å²) in [4.78, 5) is 10.9. The lowest BCUT2D eigenvalue weighted by Gasteiger charge is -2.11. The van der Waals surface area contributed by atoms with E-state index in [0.29, 0.717) is 0 Å². The lowest BCUT2D eigenvalue weighted by atomic mass is 10.2. The van der Waals surface area contributed by atoms with Crippen molar-refractivity contribution in [2.45, 2.75) is 11.8 Å². The van der Waals surface area contributed by atoms with Crippen LogP contribution < -0.4 is 4.74 Å². The van der Waals surface area contributed by atoms with Crippen LogP contribution in [0.2, 0.25) is 5.02 Å². The fourth-order valence-electron chi connectivity index (χ4n) is 1.48. The molecule has 104 valence electrons. The van der Waals surface area contributed by atoms with Gasteiger partial charge >= 0.3 is 5.97 Å². The van der Waals surface area contributed by atoms with Crippen molar-refractivity contribution in [1.82, 2.24) is 0 Å². The smallest absolute Gasteiger partial charge is 0.339 e. The highest BCUT2D eigenvalue weighted by molar-refractivity contribution is 7.91. The quantitative estimate of drug-likeness (QED) is 0.845. The van der Waals surface area contributed by atoms with Crippen LogP contribution in [0.15, 0.2) is 29.2 Å². The first-order valence-corrected chi connectivity index (χ1v) is 7.31. The SMILES string of the molecule is C/C=C/CS(=O)(=O)c1cc(Cl)cc(C(=O)O)c1OC. The van der Waals surface area contributed by atoms with E-state index in [1.54, 1.807) is 13.0 Å². The van der Waals surface area contributed by atoms with Crippen molar-refractivity contribution in [3.05, 3.63) is 34.9 Å². The molecule has 1 aromatic rings. The zero-order valence-corrected chi connectivity index (χ0v) is 12.0. The average Bonchev–Trinajstić information content (AvgIpc) is 2.35. The maximum atomic E-state index is 12.1. The second kappa shape index (κ2) is 6.08. The van der Waals surface area contributed by atoms with Gasteiger partial charge in [0.15, 0.2) is 15.6 Å². The van der Waals surface area contributed by atoms with Crippen molar-refractivity contribution in [1.29, 1.82) is 0 Å². The van der Waals surface area contributed by atoms with Gasteiger partial charge in [-0.2, -0.15) is 0 Å². The van der Waals surface area contributed by atoms with Gasteiger partial charge in [0.1, 0.15) is 10.5 Å². The second-order valence-electron chi connectivity index (χ2n) is 3.64. The van der Waals surface area contributed by atoms with Gasteiger partial charge < -0.3 is 9.84 Å². The third kappa shape index (κ3) is 3.48. The Labute approximate surface area is 116 Å². The monoisotopic (exact) mass is 304 g/mol. The number of carboxylic acids is 1. The summed E-state index contributed by atoms with van der Waals surface area (Å²) in [6.07, 6.45) is 3.04. The summed E-state index contributed by atoms with van der Waals surface area (Å²) in [5.41, 5.74) is -0.283. The molecule has 0 heterocycles. The molecule has 0 bridgehead atoms. The van der Waals surface area contributed by atoms with Gasteiger partial charge in [0.05, 0.1) is 12.9 Å². The third-order valence-corrected chi connectivity index (χ3v) is 4.16. The minimum absolute atomic E-state index is 0.0252. The topological polar surface area (TPSA) is 80.7 Å². The molecule has 0 aromatic heterocycles. The van der Waals surface area contributed by atoms with Crippen molar-refractivity contribution in [3.63, 3.8) is 0 Å². The number of ether oxygens (including phenoxy) is 1. The zero-order valence-electron chi connectivity index (χ0n) is 10.4. The van der Waals surface area contributed by atoms with Gasteiger partial charge in [-0.25, -0.2) is 13.2 Å². The van der Waals surface area contributed by atoms with E-state index >= 15 is 0 Å². The van der Waals surface area contributed by atoms with Crippen LogP contribution in [0.25, 0.3) is 0 Å². The van der Waals surface area contributed by atoms with Gasteiger partial charge in [0.2, 0.25) is 0 Å². The number of hydrogen-bond donors (Lipinski definition) is 1. The van der Waals surface area contributed by atoms with Crippen molar-refractivity contribution in [3.8, 4) is 5.75 Å². The number of methoxy groups -OCH3 is 1. The first-order valence-electron chi connectivity index (χ1n) is 5.28. The number of carbonyl (C=O) groups is 1.